The molecule has 0 bridgehead atoms. The highest BCUT2D eigenvalue weighted by molar-refractivity contribution is 5.96. The van der Waals surface area contributed by atoms with Crippen LogP contribution in [0.15, 0.2) is 48.5 Å². The molecule has 1 aliphatic heterocycles. The molecular weight excluding hydrogens is 372 g/mol. The van der Waals surface area contributed by atoms with Crippen molar-refractivity contribution in [3.05, 3.63) is 65.2 Å². The van der Waals surface area contributed by atoms with Crippen LogP contribution in [0, 0.1) is 0 Å². The molecule has 0 radical (unpaired) electrons. The highest BCUT2D eigenvalue weighted by Crippen LogP contribution is 2.15. The number of hydrogen-bond acceptors (Lipinski definition) is 4. The molecular formula is C22H24N2O5. The van der Waals surface area contributed by atoms with Crippen LogP contribution in [0.1, 0.15) is 32.7 Å². The van der Waals surface area contributed by atoms with Gasteiger partial charge in [-0.05, 0) is 48.4 Å². The number of piperazine rings is 1. The summed E-state index contributed by atoms with van der Waals surface area (Å²) in [5, 5.41) is 8.95. The van der Waals surface area contributed by atoms with Crippen LogP contribution in [0.2, 0.25) is 0 Å². The predicted molar refractivity (Wildman–Crippen MR) is 107 cm³/mol. The summed E-state index contributed by atoms with van der Waals surface area (Å²) in [5.41, 5.74) is 1.68. The van der Waals surface area contributed by atoms with Crippen molar-refractivity contribution in [2.24, 2.45) is 0 Å². The number of nitrogens with zero attached hydrogens (tertiary/aromatic N) is 2. The quantitative estimate of drug-likeness (QED) is 0.810. The molecule has 29 heavy (non-hydrogen) atoms. The fraction of sp³-hybridized carbons (Fsp3) is 0.318. The molecule has 0 atom stereocenters. The first-order valence-corrected chi connectivity index (χ1v) is 9.51. The van der Waals surface area contributed by atoms with E-state index in [4.69, 9.17) is 9.84 Å². The fourth-order valence-corrected chi connectivity index (χ4v) is 3.30. The van der Waals surface area contributed by atoms with Gasteiger partial charge in [-0.2, -0.15) is 0 Å². The molecule has 1 N–H and O–H groups in total. The number of methoxy groups -OCH3 is 1. The zero-order chi connectivity index (χ0) is 20.8. The van der Waals surface area contributed by atoms with Crippen molar-refractivity contribution >= 4 is 17.8 Å². The van der Waals surface area contributed by atoms with Gasteiger partial charge in [0.15, 0.2) is 0 Å². The Morgan fingerprint density at radius 1 is 0.862 bits per heavy atom. The Hall–Kier alpha value is -3.35. The number of aromatic carboxylic acids is 1. The van der Waals surface area contributed by atoms with Gasteiger partial charge < -0.3 is 19.6 Å². The monoisotopic (exact) mass is 396 g/mol. The Kier molecular flexibility index (Phi) is 6.49. The molecule has 0 aliphatic carbocycles. The van der Waals surface area contributed by atoms with Crippen molar-refractivity contribution in [1.82, 2.24) is 9.80 Å². The number of carboxylic acid groups (broad SMARTS) is 1. The molecule has 0 aromatic heterocycles. The molecule has 1 saturated heterocycles. The van der Waals surface area contributed by atoms with Gasteiger partial charge >= 0.3 is 5.97 Å². The highest BCUT2D eigenvalue weighted by Gasteiger charge is 2.24. The first-order chi connectivity index (χ1) is 14.0. The molecule has 1 heterocycles. The third-order valence-electron chi connectivity index (χ3n) is 5.08. The molecule has 152 valence electrons. The van der Waals surface area contributed by atoms with E-state index in [0.29, 0.717) is 44.6 Å². The Labute approximate surface area is 169 Å². The molecule has 0 unspecified atom stereocenters. The number of benzene rings is 2. The van der Waals surface area contributed by atoms with E-state index in [1.165, 1.54) is 24.3 Å². The molecule has 2 aromatic rings. The lowest BCUT2D eigenvalue weighted by Crippen LogP contribution is -2.50. The van der Waals surface area contributed by atoms with Crippen molar-refractivity contribution in [1.29, 1.82) is 0 Å². The van der Waals surface area contributed by atoms with Crippen LogP contribution in [0.4, 0.5) is 0 Å². The van der Waals surface area contributed by atoms with Crippen molar-refractivity contribution in [2.75, 3.05) is 33.3 Å². The first kappa shape index (κ1) is 20.4. The SMILES string of the molecule is COc1ccc(CCC(=O)N2CCN(C(=O)c3ccc(C(=O)O)cc3)CC2)cc1. The van der Waals surface area contributed by atoms with Crippen LogP contribution in [-0.4, -0.2) is 66.0 Å². The minimum Gasteiger partial charge on any atom is -0.497 e. The van der Waals surface area contributed by atoms with Crippen LogP contribution >= 0.6 is 0 Å². The van der Waals surface area contributed by atoms with Gasteiger partial charge in [0, 0.05) is 38.2 Å². The molecule has 1 aliphatic rings. The van der Waals surface area contributed by atoms with Crippen LogP contribution in [0.25, 0.3) is 0 Å². The Bertz CT molecular complexity index is 869. The zero-order valence-corrected chi connectivity index (χ0v) is 16.3. The Balaban J connectivity index is 1.48. The number of aryl methyl sites for hydroxylation is 1. The zero-order valence-electron chi connectivity index (χ0n) is 16.3. The molecule has 3 rings (SSSR count). The summed E-state index contributed by atoms with van der Waals surface area (Å²) in [6, 6.07) is 13.6. The maximum Gasteiger partial charge on any atom is 0.335 e. The van der Waals surface area contributed by atoms with E-state index in [0.717, 1.165) is 11.3 Å². The number of ether oxygens (including phenoxy) is 1. The van der Waals surface area contributed by atoms with Gasteiger partial charge in [0.25, 0.3) is 5.91 Å². The van der Waals surface area contributed by atoms with E-state index in [1.807, 2.05) is 24.3 Å². The van der Waals surface area contributed by atoms with Gasteiger partial charge in [-0.15, -0.1) is 0 Å². The lowest BCUT2D eigenvalue weighted by molar-refractivity contribution is -0.132. The summed E-state index contributed by atoms with van der Waals surface area (Å²) >= 11 is 0. The van der Waals surface area contributed by atoms with Crippen molar-refractivity contribution in [3.63, 3.8) is 0 Å². The van der Waals surface area contributed by atoms with Crippen molar-refractivity contribution in [3.8, 4) is 5.75 Å². The van der Waals surface area contributed by atoms with E-state index in [1.54, 1.807) is 16.9 Å². The highest BCUT2D eigenvalue weighted by atomic mass is 16.5. The standard InChI is InChI=1S/C22H24N2O5/c1-29-19-9-2-16(3-10-19)4-11-20(25)23-12-14-24(15-13-23)21(26)17-5-7-18(8-6-17)22(27)28/h2-3,5-10H,4,11-15H2,1H3,(H,27,28). The third kappa shape index (κ3) is 5.13. The summed E-state index contributed by atoms with van der Waals surface area (Å²) in [6.45, 7) is 1.93. The second kappa shape index (κ2) is 9.23. The number of rotatable bonds is 6. The number of amides is 2. The molecule has 0 spiro atoms. The minimum absolute atomic E-state index is 0.0822. The lowest BCUT2D eigenvalue weighted by Gasteiger charge is -2.35. The van der Waals surface area contributed by atoms with Gasteiger partial charge in [-0.3, -0.25) is 9.59 Å². The maximum absolute atomic E-state index is 12.6. The largest absolute Gasteiger partial charge is 0.497 e. The predicted octanol–water partition coefficient (Wildman–Crippen LogP) is 2.31. The Morgan fingerprint density at radius 3 is 1.97 bits per heavy atom. The second-order valence-electron chi connectivity index (χ2n) is 6.90. The van der Waals surface area contributed by atoms with Crippen LogP contribution in [0.5, 0.6) is 5.75 Å². The number of carbonyl (C=O) groups excluding carboxylic acids is 2. The molecule has 2 amide bonds. The van der Waals surface area contributed by atoms with Crippen LogP contribution in [-0.2, 0) is 11.2 Å². The van der Waals surface area contributed by atoms with E-state index in [2.05, 4.69) is 0 Å². The number of carboxylic acids is 1. The summed E-state index contributed by atoms with van der Waals surface area (Å²) in [7, 11) is 1.62. The van der Waals surface area contributed by atoms with Crippen molar-refractivity contribution in [2.45, 2.75) is 12.8 Å². The van der Waals surface area contributed by atoms with Crippen LogP contribution < -0.4 is 4.74 Å². The number of hydrogen-bond donors (Lipinski definition) is 1. The van der Waals surface area contributed by atoms with E-state index < -0.39 is 5.97 Å². The topological polar surface area (TPSA) is 87.2 Å². The van der Waals surface area contributed by atoms with Crippen molar-refractivity contribution < 1.29 is 24.2 Å². The maximum atomic E-state index is 12.6. The summed E-state index contributed by atoms with van der Waals surface area (Å²) < 4.78 is 5.13. The average Bonchev–Trinajstić information content (AvgIpc) is 2.77. The molecule has 0 saturated carbocycles. The number of carbonyl (C=O) groups is 3. The van der Waals surface area contributed by atoms with Gasteiger partial charge in [0.2, 0.25) is 5.91 Å². The van der Waals surface area contributed by atoms with E-state index >= 15 is 0 Å². The Morgan fingerprint density at radius 2 is 1.41 bits per heavy atom. The molecule has 7 nitrogen and oxygen atoms in total. The second-order valence-corrected chi connectivity index (χ2v) is 6.90. The minimum atomic E-state index is -1.02. The van der Waals surface area contributed by atoms with E-state index in [-0.39, 0.29) is 17.4 Å². The smallest absolute Gasteiger partial charge is 0.335 e. The van der Waals surface area contributed by atoms with E-state index in [9.17, 15) is 14.4 Å². The van der Waals surface area contributed by atoms with Gasteiger partial charge in [0.05, 0.1) is 12.7 Å². The van der Waals surface area contributed by atoms with Gasteiger partial charge in [0.1, 0.15) is 5.75 Å². The molecule has 1 fully saturated rings. The third-order valence-corrected chi connectivity index (χ3v) is 5.08. The normalized spacial score (nSPS) is 13.8. The molecule has 2 aromatic carbocycles. The van der Waals surface area contributed by atoms with Gasteiger partial charge in [-0.25, -0.2) is 4.79 Å². The van der Waals surface area contributed by atoms with Gasteiger partial charge in [-0.1, -0.05) is 12.1 Å². The fourth-order valence-electron chi connectivity index (χ4n) is 3.30. The molecule has 7 heteroatoms. The summed E-state index contributed by atoms with van der Waals surface area (Å²) in [4.78, 5) is 39.5. The summed E-state index contributed by atoms with van der Waals surface area (Å²) in [5.74, 6) is -0.296. The summed E-state index contributed by atoms with van der Waals surface area (Å²) in [6.07, 6.45) is 1.09. The lowest BCUT2D eigenvalue weighted by atomic mass is 10.1. The van der Waals surface area contributed by atoms with Crippen LogP contribution in [0.3, 0.4) is 0 Å². The average molecular weight is 396 g/mol. The first-order valence-electron chi connectivity index (χ1n) is 9.51.